The predicted molar refractivity (Wildman–Crippen MR) is 93.0 cm³/mol. The molecule has 23 heavy (non-hydrogen) atoms. The second-order valence-electron chi connectivity index (χ2n) is 5.46. The minimum Gasteiger partial charge on any atom is -0.271 e. The monoisotopic (exact) mass is 352 g/mol. The number of thioether (sulfide) groups is 1. The quantitative estimate of drug-likeness (QED) is 0.391. The molecule has 0 aliphatic carbocycles. The number of nitrogens with one attached hydrogen (secondary N) is 1. The fraction of sp³-hybridized carbons (Fsp3) is 0.467. The van der Waals surface area contributed by atoms with E-state index in [-0.39, 0.29) is 4.90 Å². The largest absolute Gasteiger partial charge is 0.271 e. The molecule has 1 heterocycles. The summed E-state index contributed by atoms with van der Waals surface area (Å²) in [5, 5.41) is 11.6. The molecule has 2 rings (SSSR count). The van der Waals surface area contributed by atoms with Gasteiger partial charge in [0, 0.05) is 13.1 Å². The maximum atomic E-state index is 12.7. The van der Waals surface area contributed by atoms with E-state index in [2.05, 4.69) is 17.2 Å². The van der Waals surface area contributed by atoms with Crippen LogP contribution in [-0.4, -0.2) is 37.2 Å². The van der Waals surface area contributed by atoms with Crippen LogP contribution in [0.4, 0.5) is 5.69 Å². The summed E-state index contributed by atoms with van der Waals surface area (Å²) >= 11 is 1.31. The van der Waals surface area contributed by atoms with Gasteiger partial charge in [-0.1, -0.05) is 18.7 Å². The second-order valence-corrected chi connectivity index (χ2v) is 8.20. The lowest BCUT2D eigenvalue weighted by atomic mass is 10.0. The zero-order valence-electron chi connectivity index (χ0n) is 13.2. The van der Waals surface area contributed by atoms with E-state index in [1.807, 2.05) is 6.19 Å². The average Bonchev–Trinajstić information content (AvgIpc) is 2.55. The van der Waals surface area contributed by atoms with Gasteiger partial charge in [-0.25, -0.2) is 13.4 Å². The lowest BCUT2D eigenvalue weighted by Crippen LogP contribution is -2.39. The molecule has 0 spiro atoms. The van der Waals surface area contributed by atoms with E-state index in [9.17, 15) is 8.42 Å². The Kier molecular flexibility index (Phi) is 6.04. The van der Waals surface area contributed by atoms with Crippen LogP contribution < -0.4 is 5.32 Å². The van der Waals surface area contributed by atoms with Crippen LogP contribution in [0.2, 0.25) is 0 Å². The zero-order valence-corrected chi connectivity index (χ0v) is 14.8. The van der Waals surface area contributed by atoms with Crippen molar-refractivity contribution in [2.75, 3.05) is 19.3 Å². The first kappa shape index (κ1) is 17.8. The van der Waals surface area contributed by atoms with Gasteiger partial charge in [0.25, 0.3) is 0 Å². The average molecular weight is 352 g/mol. The van der Waals surface area contributed by atoms with Gasteiger partial charge < -0.3 is 0 Å². The smallest absolute Gasteiger partial charge is 0.243 e. The van der Waals surface area contributed by atoms with Crippen molar-refractivity contribution >= 4 is 32.6 Å². The van der Waals surface area contributed by atoms with Gasteiger partial charge in [-0.15, -0.1) is 0 Å². The first-order chi connectivity index (χ1) is 11.0. The molecule has 1 atom stereocenters. The number of sulfonamides is 1. The Morgan fingerprint density at radius 1 is 1.43 bits per heavy atom. The van der Waals surface area contributed by atoms with E-state index in [0.717, 1.165) is 12.8 Å². The highest BCUT2D eigenvalue weighted by atomic mass is 32.2. The molecular formula is C15H20N4O2S2. The summed E-state index contributed by atoms with van der Waals surface area (Å²) in [6, 6.07) is 6.43. The van der Waals surface area contributed by atoms with E-state index in [1.165, 1.54) is 11.8 Å². The van der Waals surface area contributed by atoms with E-state index in [1.54, 1.807) is 34.8 Å². The second kappa shape index (κ2) is 7.81. The molecule has 124 valence electrons. The van der Waals surface area contributed by atoms with Gasteiger partial charge in [-0.05, 0) is 49.3 Å². The van der Waals surface area contributed by atoms with Gasteiger partial charge in [0.05, 0.1) is 10.6 Å². The van der Waals surface area contributed by atoms with Crippen LogP contribution >= 0.6 is 11.8 Å². The molecule has 0 bridgehead atoms. The number of aliphatic imine (C=N–C) groups is 1. The molecule has 1 aliphatic rings. The molecule has 1 N–H and O–H groups in total. The highest BCUT2D eigenvalue weighted by Gasteiger charge is 2.28. The van der Waals surface area contributed by atoms with Crippen LogP contribution in [0, 0.1) is 17.4 Å². The summed E-state index contributed by atoms with van der Waals surface area (Å²) in [6.07, 6.45) is 5.60. The van der Waals surface area contributed by atoms with Gasteiger partial charge in [0.15, 0.2) is 11.4 Å². The molecule has 6 nitrogen and oxygen atoms in total. The summed E-state index contributed by atoms with van der Waals surface area (Å²) in [6.45, 7) is 3.23. The summed E-state index contributed by atoms with van der Waals surface area (Å²) in [5.41, 5.74) is 0.600. The van der Waals surface area contributed by atoms with E-state index >= 15 is 0 Å². The molecule has 1 fully saturated rings. The lowest BCUT2D eigenvalue weighted by molar-refractivity contribution is 0.281. The fourth-order valence-electron chi connectivity index (χ4n) is 2.50. The first-order valence-electron chi connectivity index (χ1n) is 7.35. The molecule has 0 amide bonds. The van der Waals surface area contributed by atoms with Gasteiger partial charge >= 0.3 is 0 Å². The summed E-state index contributed by atoms with van der Waals surface area (Å²) in [5.74, 6) is 0.392. The predicted octanol–water partition coefficient (Wildman–Crippen LogP) is 2.53. The van der Waals surface area contributed by atoms with Crippen LogP contribution in [0.5, 0.6) is 0 Å². The molecular weight excluding hydrogens is 332 g/mol. The molecule has 0 radical (unpaired) electrons. The maximum Gasteiger partial charge on any atom is 0.243 e. The van der Waals surface area contributed by atoms with Gasteiger partial charge in [-0.3, -0.25) is 5.32 Å². The molecule has 1 saturated heterocycles. The number of hydrogen-bond donors (Lipinski definition) is 1. The van der Waals surface area contributed by atoms with Gasteiger partial charge in [0.2, 0.25) is 10.0 Å². The van der Waals surface area contributed by atoms with Crippen molar-refractivity contribution in [2.45, 2.75) is 24.7 Å². The Bertz CT molecular complexity index is 708. The van der Waals surface area contributed by atoms with Crippen molar-refractivity contribution < 1.29 is 8.42 Å². The van der Waals surface area contributed by atoms with Crippen molar-refractivity contribution in [2.24, 2.45) is 10.9 Å². The molecule has 0 saturated carbocycles. The number of nitriles is 1. The number of benzene rings is 1. The van der Waals surface area contributed by atoms with E-state index < -0.39 is 10.0 Å². The summed E-state index contributed by atoms with van der Waals surface area (Å²) in [7, 11) is -3.44. The molecule has 1 aromatic rings. The topological polar surface area (TPSA) is 85.6 Å². The normalized spacial score (nSPS) is 20.0. The molecule has 8 heteroatoms. The minimum absolute atomic E-state index is 0.282. The number of hydrogen-bond acceptors (Lipinski definition) is 5. The van der Waals surface area contributed by atoms with Crippen molar-refractivity contribution in [3.63, 3.8) is 0 Å². The molecule has 1 aliphatic heterocycles. The number of piperidine rings is 1. The first-order valence-corrected chi connectivity index (χ1v) is 10.0. The standard InChI is InChI=1S/C15H20N4O2S2/c1-12-4-3-9-19(10-12)23(20,21)14-7-5-13(6-8-14)18-15(22-2)17-11-16/h5-8,12H,3-4,9-10H2,1-2H3,(H,17,18). The third-order valence-electron chi connectivity index (χ3n) is 3.68. The Hall–Kier alpha value is -1.56. The van der Waals surface area contributed by atoms with Crippen LogP contribution in [-0.2, 0) is 10.0 Å². The molecule has 0 aromatic heterocycles. The summed E-state index contributed by atoms with van der Waals surface area (Å²) in [4.78, 5) is 4.53. The number of nitrogens with zero attached hydrogens (tertiary/aromatic N) is 3. The highest BCUT2D eigenvalue weighted by molar-refractivity contribution is 8.13. The van der Waals surface area contributed by atoms with Gasteiger partial charge in [-0.2, -0.15) is 9.57 Å². The Morgan fingerprint density at radius 2 is 2.13 bits per heavy atom. The highest BCUT2D eigenvalue weighted by Crippen LogP contribution is 2.25. The number of rotatable bonds is 3. The lowest BCUT2D eigenvalue weighted by Gasteiger charge is -2.30. The van der Waals surface area contributed by atoms with E-state index in [4.69, 9.17) is 5.26 Å². The molecule has 1 unspecified atom stereocenters. The van der Waals surface area contributed by atoms with E-state index in [0.29, 0.717) is 29.9 Å². The summed E-state index contributed by atoms with van der Waals surface area (Å²) < 4.78 is 26.9. The molecule has 1 aromatic carbocycles. The Balaban J connectivity index is 2.20. The van der Waals surface area contributed by atoms with Gasteiger partial charge in [0.1, 0.15) is 0 Å². The van der Waals surface area contributed by atoms with Crippen LogP contribution in [0.3, 0.4) is 0 Å². The van der Waals surface area contributed by atoms with Crippen LogP contribution in [0.25, 0.3) is 0 Å². The van der Waals surface area contributed by atoms with Crippen molar-refractivity contribution in [3.05, 3.63) is 24.3 Å². The Labute approximate surface area is 141 Å². The minimum atomic E-state index is -3.44. The SMILES string of the molecule is CSC(=Nc1ccc(S(=O)(=O)N2CCCC(C)C2)cc1)NC#N. The number of amidine groups is 1. The van der Waals surface area contributed by atoms with Crippen LogP contribution in [0.1, 0.15) is 19.8 Å². The third kappa shape index (κ3) is 4.47. The van der Waals surface area contributed by atoms with Crippen LogP contribution in [0.15, 0.2) is 34.2 Å². The third-order valence-corrected chi connectivity index (χ3v) is 6.14. The van der Waals surface area contributed by atoms with Crippen molar-refractivity contribution in [1.29, 1.82) is 5.26 Å². The van der Waals surface area contributed by atoms with Crippen molar-refractivity contribution in [1.82, 2.24) is 9.62 Å². The zero-order chi connectivity index (χ0) is 16.9. The maximum absolute atomic E-state index is 12.7. The fourth-order valence-corrected chi connectivity index (χ4v) is 4.44. The van der Waals surface area contributed by atoms with Crippen molar-refractivity contribution in [3.8, 4) is 6.19 Å². The Morgan fingerprint density at radius 3 is 2.70 bits per heavy atom.